The van der Waals surface area contributed by atoms with Crippen LogP contribution in [0.15, 0.2) is 6.07 Å². The van der Waals surface area contributed by atoms with E-state index >= 15 is 0 Å². The number of nitrogens with one attached hydrogen (secondary N) is 1. The molecule has 0 saturated heterocycles. The Morgan fingerprint density at radius 2 is 1.47 bits per heavy atom. The molecule has 0 saturated carbocycles. The molecule has 1 rings (SSSR count). The van der Waals surface area contributed by atoms with E-state index in [0.717, 1.165) is 0 Å². The third kappa shape index (κ3) is 6.09. The van der Waals surface area contributed by atoms with Gasteiger partial charge in [0, 0.05) is 0 Å². The van der Waals surface area contributed by atoms with Gasteiger partial charge in [-0.1, -0.05) is 27.7 Å². The van der Waals surface area contributed by atoms with Gasteiger partial charge in [-0.15, -0.1) is 0 Å². The lowest BCUT2D eigenvalue weighted by atomic mass is 10.4. The molecule has 6 heteroatoms. The molecule has 0 bridgehead atoms. The number of alkyl halides is 4. The molecule has 0 unspecified atom stereocenters. The maximum absolute atomic E-state index is 11.7. The van der Waals surface area contributed by atoms with Gasteiger partial charge >= 0.3 is 0 Å². The second kappa shape index (κ2) is 9.48. The minimum Gasteiger partial charge on any atom is -0.276 e. The highest BCUT2D eigenvalue weighted by atomic mass is 19.3. The highest BCUT2D eigenvalue weighted by molar-refractivity contribution is 5.10. The van der Waals surface area contributed by atoms with E-state index in [2.05, 4.69) is 5.10 Å². The Labute approximate surface area is 86.7 Å². The predicted molar refractivity (Wildman–Crippen MR) is 51.2 cm³/mol. The fraction of sp³-hybridized carbons (Fsp3) is 0.667. The number of hydrogen-bond donors (Lipinski definition) is 1. The van der Waals surface area contributed by atoms with Crippen LogP contribution in [0.5, 0.6) is 0 Å². The second-order valence-corrected chi connectivity index (χ2v) is 1.85. The Bertz CT molecular complexity index is 213. The van der Waals surface area contributed by atoms with Gasteiger partial charge in [0.2, 0.25) is 0 Å². The van der Waals surface area contributed by atoms with E-state index in [1.165, 1.54) is 0 Å². The van der Waals surface area contributed by atoms with Crippen LogP contribution in [0.4, 0.5) is 17.6 Å². The zero-order valence-corrected chi connectivity index (χ0v) is 9.19. The van der Waals surface area contributed by atoms with Gasteiger partial charge in [0.05, 0.1) is 0 Å². The summed E-state index contributed by atoms with van der Waals surface area (Å²) in [6.07, 6.45) is -5.59. The summed E-state index contributed by atoms with van der Waals surface area (Å²) in [7, 11) is 0. The first kappa shape index (κ1) is 16.4. The highest BCUT2D eigenvalue weighted by Gasteiger charge is 2.15. The Kier molecular flexibility index (Phi) is 10.3. The largest absolute Gasteiger partial charge is 0.282 e. The van der Waals surface area contributed by atoms with Gasteiger partial charge in [0.15, 0.2) is 0 Å². The van der Waals surface area contributed by atoms with Crippen molar-refractivity contribution >= 4 is 0 Å². The summed E-state index contributed by atoms with van der Waals surface area (Å²) in [6.45, 7) is 8.00. The third-order valence-electron chi connectivity index (χ3n) is 1.08. The number of halogens is 4. The van der Waals surface area contributed by atoms with Gasteiger partial charge in [0.1, 0.15) is 11.4 Å². The van der Waals surface area contributed by atoms with Crippen molar-refractivity contribution in [2.24, 2.45) is 0 Å². The number of hydrogen-bond acceptors (Lipinski definition) is 1. The van der Waals surface area contributed by atoms with E-state index in [1.54, 1.807) is 5.10 Å². The SMILES string of the molecule is CC.CC.FC(F)c1cc(C(F)F)[nH]n1. The van der Waals surface area contributed by atoms with E-state index in [9.17, 15) is 17.6 Å². The van der Waals surface area contributed by atoms with Crippen LogP contribution in [0.3, 0.4) is 0 Å². The van der Waals surface area contributed by atoms with Gasteiger partial charge in [-0.3, -0.25) is 5.10 Å². The van der Waals surface area contributed by atoms with Crippen LogP contribution in [0.1, 0.15) is 51.9 Å². The Balaban J connectivity index is 0. The van der Waals surface area contributed by atoms with Crippen molar-refractivity contribution in [3.05, 3.63) is 17.5 Å². The van der Waals surface area contributed by atoms with E-state index in [-0.39, 0.29) is 0 Å². The molecule has 2 nitrogen and oxygen atoms in total. The number of H-pyrrole nitrogens is 1. The summed E-state index contributed by atoms with van der Waals surface area (Å²) in [5.41, 5.74) is -1.24. The van der Waals surface area contributed by atoms with Crippen LogP contribution >= 0.6 is 0 Å². The number of aromatic nitrogens is 2. The normalized spacial score (nSPS) is 9.20. The number of nitrogens with zero attached hydrogens (tertiary/aromatic N) is 1. The molecule has 0 aliphatic heterocycles. The molecule has 0 aromatic carbocycles. The zero-order valence-electron chi connectivity index (χ0n) is 9.19. The molecule has 1 heterocycles. The fourth-order valence-corrected chi connectivity index (χ4v) is 0.577. The zero-order chi connectivity index (χ0) is 12.4. The van der Waals surface area contributed by atoms with Crippen molar-refractivity contribution in [3.63, 3.8) is 0 Å². The molecule has 1 aromatic heterocycles. The smallest absolute Gasteiger partial charge is 0.276 e. The quantitative estimate of drug-likeness (QED) is 0.749. The lowest BCUT2D eigenvalue weighted by molar-refractivity contribution is 0.144. The van der Waals surface area contributed by atoms with Crippen molar-refractivity contribution in [1.82, 2.24) is 10.2 Å². The molecule has 1 aromatic rings. The first-order valence-corrected chi connectivity index (χ1v) is 4.72. The standard InChI is InChI=1S/C5H4F4N2.2C2H6/c6-4(7)2-1-3(5(8)9)11-10-2;2*1-2/h1,4-5H,(H,10,11);2*1-2H3. The monoisotopic (exact) mass is 228 g/mol. The van der Waals surface area contributed by atoms with Crippen molar-refractivity contribution in [1.29, 1.82) is 0 Å². The van der Waals surface area contributed by atoms with Crippen molar-refractivity contribution in [2.75, 3.05) is 0 Å². The highest BCUT2D eigenvalue weighted by Crippen LogP contribution is 2.21. The van der Waals surface area contributed by atoms with Crippen molar-refractivity contribution in [2.45, 2.75) is 40.5 Å². The number of aromatic amines is 1. The molecule has 90 valence electrons. The summed E-state index contributed by atoms with van der Waals surface area (Å²) in [5, 5.41) is 4.79. The summed E-state index contributed by atoms with van der Waals surface area (Å²) < 4.78 is 46.9. The van der Waals surface area contributed by atoms with Crippen LogP contribution < -0.4 is 0 Å². The molecule has 0 aliphatic rings. The fourth-order valence-electron chi connectivity index (χ4n) is 0.577. The molecule has 15 heavy (non-hydrogen) atoms. The maximum Gasteiger partial charge on any atom is 0.282 e. The average Bonchev–Trinajstić information content (AvgIpc) is 2.73. The topological polar surface area (TPSA) is 28.7 Å². The lowest BCUT2D eigenvalue weighted by Crippen LogP contribution is -1.81. The Morgan fingerprint density at radius 1 is 1.00 bits per heavy atom. The third-order valence-corrected chi connectivity index (χ3v) is 1.08. The summed E-state index contributed by atoms with van der Waals surface area (Å²) in [6, 6.07) is 0.648. The van der Waals surface area contributed by atoms with E-state index in [0.29, 0.717) is 6.07 Å². The van der Waals surface area contributed by atoms with E-state index in [1.807, 2.05) is 27.7 Å². The molecule has 0 fully saturated rings. The minimum atomic E-state index is -2.81. The molecule has 0 amide bonds. The second-order valence-electron chi connectivity index (χ2n) is 1.85. The van der Waals surface area contributed by atoms with Gasteiger partial charge in [-0.05, 0) is 6.07 Å². The average molecular weight is 228 g/mol. The molecule has 0 aliphatic carbocycles. The van der Waals surface area contributed by atoms with Crippen LogP contribution in [0.2, 0.25) is 0 Å². The first-order chi connectivity index (χ1) is 7.11. The lowest BCUT2D eigenvalue weighted by Gasteiger charge is -1.89. The molecule has 0 radical (unpaired) electrons. The molecule has 1 N–H and O–H groups in total. The maximum atomic E-state index is 11.7. The van der Waals surface area contributed by atoms with Crippen molar-refractivity contribution in [3.8, 4) is 0 Å². The molecular weight excluding hydrogens is 212 g/mol. The van der Waals surface area contributed by atoms with Crippen molar-refractivity contribution < 1.29 is 17.6 Å². The minimum absolute atomic E-state index is 0.583. The number of rotatable bonds is 2. The molecule has 0 spiro atoms. The van der Waals surface area contributed by atoms with E-state index in [4.69, 9.17) is 0 Å². The van der Waals surface area contributed by atoms with Gasteiger partial charge in [-0.2, -0.15) is 5.10 Å². The molecule has 0 atom stereocenters. The predicted octanol–water partition coefficient (Wildman–Crippen LogP) is 4.34. The van der Waals surface area contributed by atoms with Crippen LogP contribution in [-0.2, 0) is 0 Å². The van der Waals surface area contributed by atoms with Gasteiger partial charge < -0.3 is 0 Å². The first-order valence-electron chi connectivity index (χ1n) is 4.72. The van der Waals surface area contributed by atoms with Crippen LogP contribution in [0, 0.1) is 0 Å². The summed E-state index contributed by atoms with van der Waals surface area (Å²) in [4.78, 5) is 0. The summed E-state index contributed by atoms with van der Waals surface area (Å²) in [5.74, 6) is 0. The van der Waals surface area contributed by atoms with Crippen LogP contribution in [0.25, 0.3) is 0 Å². The van der Waals surface area contributed by atoms with Gasteiger partial charge in [0.25, 0.3) is 12.9 Å². The Hall–Kier alpha value is -1.07. The molecular formula is C9H16F4N2. The van der Waals surface area contributed by atoms with Crippen LogP contribution in [-0.4, -0.2) is 10.2 Å². The van der Waals surface area contributed by atoms with Gasteiger partial charge in [-0.25, -0.2) is 17.6 Å². The summed E-state index contributed by atoms with van der Waals surface area (Å²) >= 11 is 0. The Morgan fingerprint density at radius 3 is 1.67 bits per heavy atom. The van der Waals surface area contributed by atoms with E-state index < -0.39 is 24.2 Å².